The summed E-state index contributed by atoms with van der Waals surface area (Å²) in [5, 5.41) is 3.95. The average molecular weight is 362 g/mol. The van der Waals surface area contributed by atoms with E-state index in [2.05, 4.69) is 20.3 Å². The van der Waals surface area contributed by atoms with Crippen molar-refractivity contribution >= 4 is 16.6 Å². The molecule has 2 heterocycles. The first-order valence-corrected chi connectivity index (χ1v) is 8.43. The predicted octanol–water partition coefficient (Wildman–Crippen LogP) is 4.99. The number of anilines is 1. The molecule has 1 N–H and O–H groups in total. The lowest BCUT2D eigenvalue weighted by Crippen LogP contribution is -2.00. The summed E-state index contributed by atoms with van der Waals surface area (Å²) in [6.07, 6.45) is 3.41. The van der Waals surface area contributed by atoms with Crippen molar-refractivity contribution in [2.45, 2.75) is 6.92 Å². The zero-order valence-corrected chi connectivity index (χ0v) is 14.8. The van der Waals surface area contributed by atoms with Crippen molar-refractivity contribution in [3.63, 3.8) is 0 Å². The summed E-state index contributed by atoms with van der Waals surface area (Å²) >= 11 is 0. The number of fused-ring (bicyclic) bond motifs is 1. The molecule has 4 aromatic rings. The maximum absolute atomic E-state index is 13.7. The van der Waals surface area contributed by atoms with E-state index in [9.17, 15) is 8.78 Å². The lowest BCUT2D eigenvalue weighted by molar-refractivity contribution is 0.584. The number of nitrogens with one attached hydrogen (secondary N) is 1. The highest BCUT2D eigenvalue weighted by Gasteiger charge is 2.15. The molecule has 4 rings (SSSR count). The first kappa shape index (κ1) is 17.0. The van der Waals surface area contributed by atoms with Crippen molar-refractivity contribution in [1.82, 2.24) is 15.0 Å². The lowest BCUT2D eigenvalue weighted by Gasteiger charge is -2.15. The van der Waals surface area contributed by atoms with Gasteiger partial charge in [-0.05, 0) is 42.8 Å². The lowest BCUT2D eigenvalue weighted by atomic mass is 9.99. The van der Waals surface area contributed by atoms with E-state index < -0.39 is 11.6 Å². The number of hydrogen-bond acceptors (Lipinski definition) is 4. The number of benzene rings is 2. The molecule has 0 unspecified atom stereocenters. The molecule has 6 heteroatoms. The van der Waals surface area contributed by atoms with Gasteiger partial charge in [0.15, 0.2) is 5.82 Å². The minimum absolute atomic E-state index is 0.453. The Morgan fingerprint density at radius 2 is 1.70 bits per heavy atom. The highest BCUT2D eigenvalue weighted by molar-refractivity contribution is 6.01. The van der Waals surface area contributed by atoms with Crippen LogP contribution in [0.15, 0.2) is 54.9 Å². The van der Waals surface area contributed by atoms with E-state index in [-0.39, 0.29) is 0 Å². The van der Waals surface area contributed by atoms with Crippen LogP contribution in [0.1, 0.15) is 5.69 Å². The third kappa shape index (κ3) is 3.10. The minimum Gasteiger partial charge on any atom is -0.387 e. The summed E-state index contributed by atoms with van der Waals surface area (Å²) in [4.78, 5) is 13.4. The van der Waals surface area contributed by atoms with Gasteiger partial charge in [-0.15, -0.1) is 0 Å². The monoisotopic (exact) mass is 362 g/mol. The van der Waals surface area contributed by atoms with Crippen LogP contribution >= 0.6 is 0 Å². The minimum atomic E-state index is -0.618. The second-order valence-electron chi connectivity index (χ2n) is 6.16. The van der Waals surface area contributed by atoms with Crippen LogP contribution in [0.2, 0.25) is 0 Å². The smallest absolute Gasteiger partial charge is 0.161 e. The standard InChI is InChI=1S/C21H16F2N4/c1-12-19-18(27-21(26-12)13-4-3-7-25-11-13)6-5-17(20(19)24-2)14-8-15(22)10-16(23)9-14/h3-11,24H,1-2H3. The van der Waals surface area contributed by atoms with Gasteiger partial charge in [0, 0.05) is 42.0 Å². The second-order valence-corrected chi connectivity index (χ2v) is 6.16. The SMILES string of the molecule is CNc1c(-c2cc(F)cc(F)c2)ccc2nc(-c3cccnc3)nc(C)c12. The zero-order valence-electron chi connectivity index (χ0n) is 14.8. The van der Waals surface area contributed by atoms with Crippen LogP contribution in [0.4, 0.5) is 14.5 Å². The maximum Gasteiger partial charge on any atom is 0.161 e. The molecule has 27 heavy (non-hydrogen) atoms. The summed E-state index contributed by atoms with van der Waals surface area (Å²) in [7, 11) is 1.77. The Morgan fingerprint density at radius 1 is 0.926 bits per heavy atom. The molecule has 134 valence electrons. The Labute approximate surface area is 154 Å². The molecule has 0 fully saturated rings. The van der Waals surface area contributed by atoms with Crippen LogP contribution in [0.25, 0.3) is 33.4 Å². The van der Waals surface area contributed by atoms with Gasteiger partial charge in [0.05, 0.1) is 16.9 Å². The third-order valence-electron chi connectivity index (χ3n) is 4.39. The number of aromatic nitrogens is 3. The van der Waals surface area contributed by atoms with Crippen molar-refractivity contribution in [3.05, 3.63) is 72.2 Å². The summed E-state index contributed by atoms with van der Waals surface area (Å²) in [5.41, 5.74) is 4.20. The first-order chi connectivity index (χ1) is 13.1. The molecule has 2 aromatic carbocycles. The fourth-order valence-electron chi connectivity index (χ4n) is 3.24. The van der Waals surface area contributed by atoms with Gasteiger partial charge in [-0.1, -0.05) is 6.07 Å². The van der Waals surface area contributed by atoms with Crippen LogP contribution < -0.4 is 5.32 Å². The Bertz CT molecular complexity index is 1120. The first-order valence-electron chi connectivity index (χ1n) is 8.43. The van der Waals surface area contributed by atoms with E-state index in [1.54, 1.807) is 19.4 Å². The summed E-state index contributed by atoms with van der Waals surface area (Å²) in [5.74, 6) is -0.654. The van der Waals surface area contributed by atoms with Crippen molar-refractivity contribution in [2.75, 3.05) is 12.4 Å². The van der Waals surface area contributed by atoms with E-state index in [1.165, 1.54) is 12.1 Å². The van der Waals surface area contributed by atoms with Crippen molar-refractivity contribution < 1.29 is 8.78 Å². The number of halogens is 2. The summed E-state index contributed by atoms with van der Waals surface area (Å²) in [6, 6.07) is 10.9. The largest absolute Gasteiger partial charge is 0.387 e. The van der Waals surface area contributed by atoms with Gasteiger partial charge < -0.3 is 5.32 Å². The van der Waals surface area contributed by atoms with Crippen molar-refractivity contribution in [3.8, 4) is 22.5 Å². The number of rotatable bonds is 3. The Kier molecular flexibility index (Phi) is 4.24. The van der Waals surface area contributed by atoms with Gasteiger partial charge in [-0.25, -0.2) is 18.7 Å². The molecule has 0 atom stereocenters. The van der Waals surface area contributed by atoms with Crippen molar-refractivity contribution in [1.29, 1.82) is 0 Å². The van der Waals surface area contributed by atoms with Crippen molar-refractivity contribution in [2.24, 2.45) is 0 Å². The Morgan fingerprint density at radius 3 is 2.37 bits per heavy atom. The average Bonchev–Trinajstić information content (AvgIpc) is 2.66. The number of hydrogen-bond donors (Lipinski definition) is 1. The Balaban J connectivity index is 1.96. The van der Waals surface area contributed by atoms with Gasteiger partial charge in [0.2, 0.25) is 0 Å². The number of nitrogens with zero attached hydrogens (tertiary/aromatic N) is 3. The molecule has 0 radical (unpaired) electrons. The van der Waals surface area contributed by atoms with Gasteiger partial charge in [-0.3, -0.25) is 4.98 Å². The van der Waals surface area contributed by atoms with Gasteiger partial charge >= 0.3 is 0 Å². The maximum atomic E-state index is 13.7. The number of aryl methyl sites for hydroxylation is 1. The molecule has 0 amide bonds. The fourth-order valence-corrected chi connectivity index (χ4v) is 3.24. The number of pyridine rings is 1. The summed E-state index contributed by atoms with van der Waals surface area (Å²) < 4.78 is 27.4. The van der Waals surface area contributed by atoms with Gasteiger partial charge in [-0.2, -0.15) is 0 Å². The molecule has 0 saturated heterocycles. The van der Waals surface area contributed by atoms with Crippen LogP contribution in [-0.4, -0.2) is 22.0 Å². The van der Waals surface area contributed by atoms with Gasteiger partial charge in [0.1, 0.15) is 11.6 Å². The van der Waals surface area contributed by atoms with Crippen LogP contribution in [0.3, 0.4) is 0 Å². The quantitative estimate of drug-likeness (QED) is 0.558. The molecule has 2 aromatic heterocycles. The van der Waals surface area contributed by atoms with Gasteiger partial charge in [0.25, 0.3) is 0 Å². The topological polar surface area (TPSA) is 50.7 Å². The van der Waals surface area contributed by atoms with Crippen LogP contribution in [0, 0.1) is 18.6 Å². The molecular weight excluding hydrogens is 346 g/mol. The molecule has 0 spiro atoms. The highest BCUT2D eigenvalue weighted by Crippen LogP contribution is 2.36. The predicted molar refractivity (Wildman–Crippen MR) is 102 cm³/mol. The molecular formula is C21H16F2N4. The van der Waals surface area contributed by atoms with E-state index in [0.29, 0.717) is 17.0 Å². The van der Waals surface area contributed by atoms with E-state index in [4.69, 9.17) is 0 Å². The fraction of sp³-hybridized carbons (Fsp3) is 0.0952. The zero-order chi connectivity index (χ0) is 19.0. The molecule has 0 aliphatic heterocycles. The molecule has 0 aliphatic rings. The van der Waals surface area contributed by atoms with E-state index in [1.807, 2.05) is 31.2 Å². The Hall–Kier alpha value is -3.41. The van der Waals surface area contributed by atoms with Crippen LogP contribution in [-0.2, 0) is 0 Å². The third-order valence-corrected chi connectivity index (χ3v) is 4.39. The normalized spacial score (nSPS) is 11.0. The van der Waals surface area contributed by atoms with E-state index >= 15 is 0 Å². The highest BCUT2D eigenvalue weighted by atomic mass is 19.1. The van der Waals surface area contributed by atoms with Crippen LogP contribution in [0.5, 0.6) is 0 Å². The molecule has 0 bridgehead atoms. The second kappa shape index (κ2) is 6.72. The van der Waals surface area contributed by atoms with E-state index in [0.717, 1.165) is 33.9 Å². The molecule has 0 aliphatic carbocycles. The molecule has 4 nitrogen and oxygen atoms in total. The molecule has 0 saturated carbocycles. The summed E-state index contributed by atoms with van der Waals surface area (Å²) in [6.45, 7) is 1.89.